The number of nitrogens with zero attached hydrogens (tertiary/aromatic N) is 1. The highest BCUT2D eigenvalue weighted by molar-refractivity contribution is 7.87. The largest absolute Gasteiger partial charge is 0.495 e. The van der Waals surface area contributed by atoms with Gasteiger partial charge < -0.3 is 8.92 Å². The van der Waals surface area contributed by atoms with E-state index in [1.165, 1.54) is 0 Å². The fourth-order valence-corrected chi connectivity index (χ4v) is 2.75. The third-order valence-electron chi connectivity index (χ3n) is 2.72. The van der Waals surface area contributed by atoms with E-state index < -0.39 is 37.3 Å². The zero-order chi connectivity index (χ0) is 17.2. The van der Waals surface area contributed by atoms with Gasteiger partial charge in [0.25, 0.3) is 5.69 Å². The predicted octanol–water partition coefficient (Wildman–Crippen LogP) is 2.65. The lowest BCUT2D eigenvalue weighted by Gasteiger charge is -2.10. The smallest absolute Gasteiger partial charge is 0.342 e. The van der Waals surface area contributed by atoms with Gasteiger partial charge in [0.1, 0.15) is 16.4 Å². The lowest BCUT2D eigenvalue weighted by molar-refractivity contribution is -0.385. The molecule has 0 N–H and O–H groups in total. The van der Waals surface area contributed by atoms with E-state index in [0.29, 0.717) is 12.1 Å². The van der Waals surface area contributed by atoms with Crippen molar-refractivity contribution < 1.29 is 31.0 Å². The van der Waals surface area contributed by atoms with Gasteiger partial charge in [0.15, 0.2) is 11.6 Å². The Kier molecular flexibility index (Phi) is 4.45. The third-order valence-corrected chi connectivity index (χ3v) is 4.01. The van der Waals surface area contributed by atoms with E-state index in [0.717, 1.165) is 31.4 Å². The zero-order valence-electron chi connectivity index (χ0n) is 11.5. The van der Waals surface area contributed by atoms with Gasteiger partial charge in [0.05, 0.1) is 18.1 Å². The molecule has 10 heteroatoms. The number of benzene rings is 2. The van der Waals surface area contributed by atoms with Crippen molar-refractivity contribution in [3.8, 4) is 11.5 Å². The summed E-state index contributed by atoms with van der Waals surface area (Å²) in [6.07, 6.45) is 0. The highest BCUT2D eigenvalue weighted by atomic mass is 32.2. The number of rotatable bonds is 5. The highest BCUT2D eigenvalue weighted by Crippen LogP contribution is 2.30. The molecule has 0 heterocycles. The highest BCUT2D eigenvalue weighted by Gasteiger charge is 2.24. The molecule has 0 fully saturated rings. The van der Waals surface area contributed by atoms with Crippen LogP contribution in [-0.2, 0) is 10.1 Å². The summed E-state index contributed by atoms with van der Waals surface area (Å²) >= 11 is 0. The first kappa shape index (κ1) is 16.6. The number of hydrogen-bond acceptors (Lipinski definition) is 6. The Labute approximate surface area is 129 Å². The summed E-state index contributed by atoms with van der Waals surface area (Å²) in [5.74, 6) is -3.22. The first-order valence-corrected chi connectivity index (χ1v) is 7.37. The van der Waals surface area contributed by atoms with Crippen molar-refractivity contribution in [2.75, 3.05) is 7.11 Å². The maximum atomic E-state index is 13.1. The van der Waals surface area contributed by atoms with Crippen LogP contribution in [0.5, 0.6) is 11.5 Å². The minimum absolute atomic E-state index is 0.318. The van der Waals surface area contributed by atoms with E-state index in [2.05, 4.69) is 4.18 Å². The second-order valence-electron chi connectivity index (χ2n) is 4.21. The maximum Gasteiger partial charge on any atom is 0.342 e. The van der Waals surface area contributed by atoms with Crippen LogP contribution in [0.1, 0.15) is 0 Å². The molecular formula is C13H9F2NO6S. The summed E-state index contributed by atoms with van der Waals surface area (Å²) in [6.45, 7) is 0. The molecule has 0 aliphatic rings. The van der Waals surface area contributed by atoms with Gasteiger partial charge in [0.2, 0.25) is 0 Å². The van der Waals surface area contributed by atoms with E-state index in [1.807, 2.05) is 0 Å². The average Bonchev–Trinajstić information content (AvgIpc) is 2.50. The van der Waals surface area contributed by atoms with E-state index in [1.54, 1.807) is 0 Å². The normalized spacial score (nSPS) is 11.1. The summed E-state index contributed by atoms with van der Waals surface area (Å²) in [5, 5.41) is 10.7. The molecule has 0 atom stereocenters. The Morgan fingerprint density at radius 1 is 1.09 bits per heavy atom. The molecule has 2 aromatic carbocycles. The molecule has 0 aliphatic carbocycles. The minimum atomic E-state index is -4.46. The average molecular weight is 345 g/mol. The van der Waals surface area contributed by atoms with Crippen molar-refractivity contribution in [2.45, 2.75) is 4.90 Å². The van der Waals surface area contributed by atoms with E-state index in [4.69, 9.17) is 4.74 Å². The summed E-state index contributed by atoms with van der Waals surface area (Å²) < 4.78 is 59.8. The Morgan fingerprint density at radius 2 is 1.78 bits per heavy atom. The number of hydrogen-bond donors (Lipinski definition) is 0. The molecule has 0 radical (unpaired) electrons. The first-order chi connectivity index (χ1) is 10.7. The van der Waals surface area contributed by atoms with Crippen molar-refractivity contribution in [3.05, 3.63) is 58.1 Å². The standard InChI is InChI=1S/C13H9F2NO6S/c1-21-12-6-8(16(17)18)2-5-13(12)23(19,20)22-9-3-4-10(14)11(15)7-9/h2-7H,1H3. The lowest BCUT2D eigenvalue weighted by atomic mass is 10.3. The molecule has 2 rings (SSSR count). The Hall–Kier alpha value is -2.75. The van der Waals surface area contributed by atoms with E-state index >= 15 is 0 Å². The number of methoxy groups -OCH3 is 1. The molecule has 0 unspecified atom stereocenters. The molecule has 0 aromatic heterocycles. The molecule has 0 spiro atoms. The third kappa shape index (κ3) is 3.54. The Balaban J connectivity index is 2.42. The second-order valence-corrected chi connectivity index (χ2v) is 5.72. The molecule has 0 aliphatic heterocycles. The van der Waals surface area contributed by atoms with Gasteiger partial charge in [-0.2, -0.15) is 8.42 Å². The van der Waals surface area contributed by atoms with Crippen molar-refractivity contribution in [3.63, 3.8) is 0 Å². The maximum absolute atomic E-state index is 13.1. The summed E-state index contributed by atoms with van der Waals surface area (Å²) in [5.41, 5.74) is -0.381. The zero-order valence-corrected chi connectivity index (χ0v) is 12.3. The summed E-state index contributed by atoms with van der Waals surface area (Å²) in [6, 6.07) is 4.96. The lowest BCUT2D eigenvalue weighted by Crippen LogP contribution is -2.11. The van der Waals surface area contributed by atoms with Crippen molar-refractivity contribution in [1.82, 2.24) is 0 Å². The quantitative estimate of drug-likeness (QED) is 0.470. The van der Waals surface area contributed by atoms with Gasteiger partial charge in [-0.1, -0.05) is 0 Å². The number of ether oxygens (including phenoxy) is 1. The molecule has 0 saturated carbocycles. The number of halogens is 2. The topological polar surface area (TPSA) is 95.7 Å². The number of nitro groups is 1. The van der Waals surface area contributed by atoms with Crippen molar-refractivity contribution >= 4 is 15.8 Å². The van der Waals surface area contributed by atoms with Crippen molar-refractivity contribution in [1.29, 1.82) is 0 Å². The fourth-order valence-electron chi connectivity index (χ4n) is 1.68. The molecule has 23 heavy (non-hydrogen) atoms. The summed E-state index contributed by atoms with van der Waals surface area (Å²) in [7, 11) is -3.34. The van der Waals surface area contributed by atoms with Crippen LogP contribution in [0.25, 0.3) is 0 Å². The van der Waals surface area contributed by atoms with Crippen LogP contribution in [0.2, 0.25) is 0 Å². The predicted molar refractivity (Wildman–Crippen MR) is 73.8 cm³/mol. The van der Waals surface area contributed by atoms with E-state index in [-0.39, 0.29) is 11.4 Å². The first-order valence-electron chi connectivity index (χ1n) is 5.96. The van der Waals surface area contributed by atoms with Gasteiger partial charge in [-0.05, 0) is 18.2 Å². The molecule has 0 saturated heterocycles. The van der Waals surface area contributed by atoms with Gasteiger partial charge >= 0.3 is 10.1 Å². The van der Waals surface area contributed by atoms with Crippen LogP contribution >= 0.6 is 0 Å². The molecular weight excluding hydrogens is 336 g/mol. The SMILES string of the molecule is COc1cc([N+](=O)[O-])ccc1S(=O)(=O)Oc1ccc(F)c(F)c1. The van der Waals surface area contributed by atoms with Gasteiger partial charge in [0, 0.05) is 12.1 Å². The minimum Gasteiger partial charge on any atom is -0.495 e. The number of nitro benzene ring substituents is 1. The van der Waals surface area contributed by atoms with Crippen LogP contribution in [0.15, 0.2) is 41.3 Å². The molecule has 7 nitrogen and oxygen atoms in total. The summed E-state index contributed by atoms with van der Waals surface area (Å²) in [4.78, 5) is 9.47. The molecule has 2 aromatic rings. The van der Waals surface area contributed by atoms with E-state index in [9.17, 15) is 27.3 Å². The van der Waals surface area contributed by atoms with Crippen LogP contribution in [0, 0.1) is 21.7 Å². The monoisotopic (exact) mass is 345 g/mol. The molecule has 0 bridgehead atoms. The fraction of sp³-hybridized carbons (Fsp3) is 0.0769. The van der Waals surface area contributed by atoms with Gasteiger partial charge in [-0.15, -0.1) is 0 Å². The van der Waals surface area contributed by atoms with Gasteiger partial charge in [-0.3, -0.25) is 10.1 Å². The molecule has 122 valence electrons. The number of non-ortho nitro benzene ring substituents is 1. The van der Waals surface area contributed by atoms with Crippen LogP contribution in [0.3, 0.4) is 0 Å². The Bertz CT molecular complexity index is 869. The van der Waals surface area contributed by atoms with Gasteiger partial charge in [-0.25, -0.2) is 8.78 Å². The van der Waals surface area contributed by atoms with Crippen LogP contribution < -0.4 is 8.92 Å². The van der Waals surface area contributed by atoms with Crippen LogP contribution in [0.4, 0.5) is 14.5 Å². The Morgan fingerprint density at radius 3 is 2.35 bits per heavy atom. The second kappa shape index (κ2) is 6.16. The van der Waals surface area contributed by atoms with Crippen LogP contribution in [-0.4, -0.2) is 20.5 Å². The van der Waals surface area contributed by atoms with Crippen molar-refractivity contribution in [2.24, 2.45) is 0 Å². The molecule has 0 amide bonds.